The zero-order valence-corrected chi connectivity index (χ0v) is 15.5. The minimum absolute atomic E-state index is 0.00211. The van der Waals surface area contributed by atoms with E-state index in [0.29, 0.717) is 18.4 Å². The molecule has 1 aliphatic rings. The fraction of sp³-hybridized carbons (Fsp3) is 0.500. The summed E-state index contributed by atoms with van der Waals surface area (Å²) in [5.41, 5.74) is 2.36. The largest absolute Gasteiger partial charge is 0.507 e. The van der Waals surface area contributed by atoms with Gasteiger partial charge >= 0.3 is 5.97 Å². The van der Waals surface area contributed by atoms with Gasteiger partial charge in [0, 0.05) is 15.6 Å². The fourth-order valence-electron chi connectivity index (χ4n) is 3.83. The molecule has 1 aromatic rings. The molecule has 2 atom stereocenters. The molecule has 0 amide bonds. The third kappa shape index (κ3) is 4.12. The molecule has 0 bridgehead atoms. The molecule has 0 aromatic heterocycles. The van der Waals surface area contributed by atoms with Crippen molar-refractivity contribution < 1.29 is 24.2 Å². The van der Waals surface area contributed by atoms with Crippen LogP contribution >= 0.6 is 0 Å². The zero-order chi connectivity index (χ0) is 21.9. The van der Waals surface area contributed by atoms with Gasteiger partial charge in [0.25, 0.3) is 0 Å². The van der Waals surface area contributed by atoms with E-state index in [1.165, 1.54) is 6.07 Å². The first kappa shape index (κ1) is 16.0. The zero-order valence-electron chi connectivity index (χ0n) is 18.5. The molecule has 4 nitrogen and oxygen atoms in total. The third-order valence-electron chi connectivity index (χ3n) is 5.20. The molecular formula is C22H30O4. The summed E-state index contributed by atoms with van der Waals surface area (Å²) in [5, 5.41) is 31.3. The first-order chi connectivity index (χ1) is 13.4. The molecule has 2 rings (SSSR count). The topological polar surface area (TPSA) is 77.8 Å². The Morgan fingerprint density at radius 1 is 1.38 bits per heavy atom. The van der Waals surface area contributed by atoms with Crippen molar-refractivity contribution in [3.8, 4) is 11.5 Å². The molecule has 1 aromatic carbocycles. The lowest BCUT2D eigenvalue weighted by Crippen LogP contribution is -2.18. The molecule has 0 saturated heterocycles. The van der Waals surface area contributed by atoms with Gasteiger partial charge in [0.1, 0.15) is 17.1 Å². The Morgan fingerprint density at radius 3 is 2.73 bits per heavy atom. The number of allylic oxidation sites excluding steroid dienone is 3. The van der Waals surface area contributed by atoms with Gasteiger partial charge in [0.15, 0.2) is 0 Å². The quantitative estimate of drug-likeness (QED) is 0.440. The smallest absolute Gasteiger partial charge is 0.339 e. The van der Waals surface area contributed by atoms with Gasteiger partial charge in [-0.2, -0.15) is 0 Å². The second-order valence-electron chi connectivity index (χ2n) is 7.23. The number of phenols is 2. The lowest BCUT2D eigenvalue weighted by molar-refractivity contribution is 0.0692. The van der Waals surface area contributed by atoms with Crippen LogP contribution in [0.1, 0.15) is 84.3 Å². The highest BCUT2D eigenvalue weighted by Crippen LogP contribution is 2.48. The van der Waals surface area contributed by atoms with Gasteiger partial charge in [-0.25, -0.2) is 4.79 Å². The van der Waals surface area contributed by atoms with Crippen molar-refractivity contribution in [3.05, 3.63) is 46.6 Å². The van der Waals surface area contributed by atoms with Gasteiger partial charge in [-0.15, -0.1) is 0 Å². The van der Waals surface area contributed by atoms with Gasteiger partial charge in [0.05, 0.1) is 0 Å². The third-order valence-corrected chi connectivity index (χ3v) is 5.20. The summed E-state index contributed by atoms with van der Waals surface area (Å²) in [6.07, 6.45) is 4.85. The van der Waals surface area contributed by atoms with Crippen LogP contribution in [-0.2, 0) is 6.42 Å². The normalized spacial score (nSPS) is 22.1. The Labute approximate surface area is 160 Å². The van der Waals surface area contributed by atoms with Crippen LogP contribution in [0.25, 0.3) is 0 Å². The maximum absolute atomic E-state index is 11.9. The number of benzene rings is 1. The second-order valence-corrected chi connectivity index (χ2v) is 7.23. The van der Waals surface area contributed by atoms with Crippen LogP contribution < -0.4 is 0 Å². The molecule has 26 heavy (non-hydrogen) atoms. The van der Waals surface area contributed by atoms with Gasteiger partial charge in [0.2, 0.25) is 0 Å². The summed E-state index contributed by atoms with van der Waals surface area (Å²) in [6.45, 7) is 5.89. The predicted octanol–water partition coefficient (Wildman–Crippen LogP) is 5.54. The van der Waals surface area contributed by atoms with E-state index in [0.717, 1.165) is 24.0 Å². The SMILES string of the molecule is [2H]C([2H])([2H])CCCCc1cc(O)c([C@@H]2C=C(C)CC[C@H]2C(=C)C)c(O)c1C(=O)O. The lowest BCUT2D eigenvalue weighted by Gasteiger charge is -2.32. The monoisotopic (exact) mass is 361 g/mol. The van der Waals surface area contributed by atoms with Crippen LogP contribution in [0.3, 0.4) is 0 Å². The number of aromatic hydroxyl groups is 2. The Balaban J connectivity index is 2.43. The maximum atomic E-state index is 11.9. The van der Waals surface area contributed by atoms with Crippen LogP contribution in [0.5, 0.6) is 11.5 Å². The van der Waals surface area contributed by atoms with E-state index in [1.54, 1.807) is 0 Å². The van der Waals surface area contributed by atoms with Crippen molar-refractivity contribution in [2.24, 2.45) is 5.92 Å². The van der Waals surface area contributed by atoms with Crippen LogP contribution in [-0.4, -0.2) is 21.3 Å². The summed E-state index contributed by atoms with van der Waals surface area (Å²) < 4.78 is 21.8. The average molecular weight is 361 g/mol. The van der Waals surface area contributed by atoms with Crippen molar-refractivity contribution in [1.29, 1.82) is 0 Å². The highest BCUT2D eigenvalue weighted by Gasteiger charge is 2.32. The van der Waals surface area contributed by atoms with Gasteiger partial charge in [-0.1, -0.05) is 43.5 Å². The van der Waals surface area contributed by atoms with Gasteiger partial charge < -0.3 is 15.3 Å². The molecule has 0 fully saturated rings. The number of unbranched alkanes of at least 4 members (excludes halogenated alkanes) is 1. The number of hydrogen-bond acceptors (Lipinski definition) is 3. The Kier molecular flexibility index (Phi) is 5.18. The van der Waals surface area contributed by atoms with Crippen LogP contribution in [0.15, 0.2) is 29.9 Å². The number of phenolic OH excluding ortho intramolecular Hbond substituents is 1. The fourth-order valence-corrected chi connectivity index (χ4v) is 3.83. The number of carbonyl (C=O) groups is 1. The standard InChI is InChI=1S/C22H30O4/c1-5-6-7-8-15-12-18(23)20(21(24)19(15)22(25)26)17-11-14(4)9-10-16(17)13(2)3/h11-12,16-17,23-24H,2,5-10H2,1,3-4H3,(H,25,26)/t16-,17+/m0/s1/i1D3. The minimum Gasteiger partial charge on any atom is -0.507 e. The molecule has 0 radical (unpaired) electrons. The average Bonchev–Trinajstić information content (AvgIpc) is 2.57. The highest BCUT2D eigenvalue weighted by molar-refractivity contribution is 5.94. The molecule has 0 unspecified atom stereocenters. The van der Waals surface area contributed by atoms with E-state index in [4.69, 9.17) is 4.11 Å². The predicted molar refractivity (Wildman–Crippen MR) is 104 cm³/mol. The first-order valence-corrected chi connectivity index (χ1v) is 9.06. The molecule has 142 valence electrons. The van der Waals surface area contributed by atoms with E-state index in [9.17, 15) is 20.1 Å². The lowest BCUT2D eigenvalue weighted by atomic mass is 9.73. The van der Waals surface area contributed by atoms with E-state index in [1.807, 2.05) is 19.9 Å². The summed E-state index contributed by atoms with van der Waals surface area (Å²) in [6, 6.07) is 1.40. The van der Waals surface area contributed by atoms with E-state index < -0.39 is 18.6 Å². The maximum Gasteiger partial charge on any atom is 0.339 e. The Morgan fingerprint density at radius 2 is 2.12 bits per heavy atom. The Hall–Kier alpha value is -2.23. The van der Waals surface area contributed by atoms with Crippen molar-refractivity contribution in [2.75, 3.05) is 0 Å². The van der Waals surface area contributed by atoms with Crippen molar-refractivity contribution in [1.82, 2.24) is 0 Å². The van der Waals surface area contributed by atoms with Crippen molar-refractivity contribution >= 4 is 5.97 Å². The molecule has 0 aliphatic heterocycles. The number of hydrogen-bond donors (Lipinski definition) is 3. The summed E-state index contributed by atoms with van der Waals surface area (Å²) in [7, 11) is 0. The molecule has 0 heterocycles. The molecule has 1 aliphatic carbocycles. The summed E-state index contributed by atoms with van der Waals surface area (Å²) in [4.78, 5) is 11.9. The summed E-state index contributed by atoms with van der Waals surface area (Å²) >= 11 is 0. The molecular weight excluding hydrogens is 328 g/mol. The van der Waals surface area contributed by atoms with Crippen LogP contribution in [0.2, 0.25) is 0 Å². The summed E-state index contributed by atoms with van der Waals surface area (Å²) in [5.74, 6) is -2.16. The van der Waals surface area contributed by atoms with Crippen LogP contribution in [0, 0.1) is 5.92 Å². The molecule has 3 N–H and O–H groups in total. The molecule has 0 saturated carbocycles. The van der Waals surface area contributed by atoms with E-state index >= 15 is 0 Å². The highest BCUT2D eigenvalue weighted by atomic mass is 16.4. The van der Waals surface area contributed by atoms with E-state index in [-0.39, 0.29) is 41.6 Å². The molecule has 0 spiro atoms. The number of rotatable bonds is 7. The van der Waals surface area contributed by atoms with Crippen LogP contribution in [0.4, 0.5) is 0 Å². The number of carboxylic acids is 1. The number of aromatic carboxylic acids is 1. The number of aryl methyl sites for hydroxylation is 1. The molecule has 4 heteroatoms. The number of carboxylic acid groups (broad SMARTS) is 1. The Bertz CT molecular complexity index is 824. The minimum atomic E-state index is -2.02. The first-order valence-electron chi connectivity index (χ1n) is 10.6. The van der Waals surface area contributed by atoms with Crippen molar-refractivity contribution in [2.45, 2.75) is 65.1 Å². The second kappa shape index (κ2) is 8.43. The van der Waals surface area contributed by atoms with Gasteiger partial charge in [-0.3, -0.25) is 0 Å². The van der Waals surface area contributed by atoms with Gasteiger partial charge in [-0.05, 0) is 57.1 Å². The van der Waals surface area contributed by atoms with E-state index in [2.05, 4.69) is 6.58 Å². The van der Waals surface area contributed by atoms with Crippen molar-refractivity contribution in [3.63, 3.8) is 0 Å².